The number of aliphatic hydroxyl groups excluding tert-OH is 2. The summed E-state index contributed by atoms with van der Waals surface area (Å²) in [5, 5.41) is 17.6. The molecular formula is C13H26O4. The van der Waals surface area contributed by atoms with E-state index in [0.29, 0.717) is 6.42 Å². The van der Waals surface area contributed by atoms with Crippen molar-refractivity contribution >= 4 is 5.97 Å². The third-order valence-corrected chi connectivity index (χ3v) is 2.73. The summed E-state index contributed by atoms with van der Waals surface area (Å²) in [7, 11) is 0. The summed E-state index contributed by atoms with van der Waals surface area (Å²) in [6.45, 7) is 1.99. The average Bonchev–Trinajstić information content (AvgIpc) is 2.35. The highest BCUT2D eigenvalue weighted by molar-refractivity contribution is 5.69. The molecule has 0 spiro atoms. The van der Waals surface area contributed by atoms with Gasteiger partial charge in [-0.15, -0.1) is 0 Å². The van der Waals surface area contributed by atoms with Gasteiger partial charge in [0.1, 0.15) is 0 Å². The van der Waals surface area contributed by atoms with Gasteiger partial charge < -0.3 is 14.9 Å². The molecule has 0 heterocycles. The molecule has 0 saturated carbocycles. The summed E-state index contributed by atoms with van der Waals surface area (Å²) in [5.41, 5.74) is 0. The van der Waals surface area contributed by atoms with Gasteiger partial charge >= 0.3 is 5.97 Å². The molecular weight excluding hydrogens is 220 g/mol. The van der Waals surface area contributed by atoms with Gasteiger partial charge in [-0.2, -0.15) is 0 Å². The van der Waals surface area contributed by atoms with Crippen molar-refractivity contribution in [3.05, 3.63) is 0 Å². The van der Waals surface area contributed by atoms with E-state index in [0.717, 1.165) is 12.8 Å². The molecule has 0 radical (unpaired) electrons. The minimum absolute atomic E-state index is 0.113. The Hall–Kier alpha value is -0.610. The van der Waals surface area contributed by atoms with Crippen LogP contribution < -0.4 is 0 Å². The van der Waals surface area contributed by atoms with Gasteiger partial charge in [0, 0.05) is 12.3 Å². The van der Waals surface area contributed by atoms with Crippen LogP contribution in [0, 0.1) is 5.92 Å². The van der Waals surface area contributed by atoms with Crippen LogP contribution in [0.4, 0.5) is 0 Å². The van der Waals surface area contributed by atoms with Gasteiger partial charge in [0.05, 0.1) is 19.8 Å². The fourth-order valence-electron chi connectivity index (χ4n) is 1.50. The Labute approximate surface area is 104 Å². The molecule has 0 rings (SSSR count). The van der Waals surface area contributed by atoms with E-state index in [9.17, 15) is 4.79 Å². The highest BCUT2D eigenvalue weighted by Gasteiger charge is 2.09. The normalized spacial score (nSPS) is 10.8. The lowest BCUT2D eigenvalue weighted by molar-refractivity contribution is -0.146. The van der Waals surface area contributed by atoms with Crippen LogP contribution in [0.3, 0.4) is 0 Å². The molecule has 0 aliphatic heterocycles. The van der Waals surface area contributed by atoms with Crippen LogP contribution in [0.1, 0.15) is 51.9 Å². The summed E-state index contributed by atoms with van der Waals surface area (Å²) < 4.78 is 4.95. The molecule has 2 N–H and O–H groups in total. The zero-order chi connectivity index (χ0) is 12.9. The molecule has 0 amide bonds. The number of rotatable bonds is 11. The van der Waals surface area contributed by atoms with Crippen LogP contribution in [0.25, 0.3) is 0 Å². The van der Waals surface area contributed by atoms with Gasteiger partial charge in [0.25, 0.3) is 0 Å². The molecule has 0 bridgehead atoms. The van der Waals surface area contributed by atoms with E-state index < -0.39 is 0 Å². The predicted molar refractivity (Wildman–Crippen MR) is 66.6 cm³/mol. The summed E-state index contributed by atoms with van der Waals surface area (Å²) >= 11 is 0. The molecule has 0 aromatic rings. The summed E-state index contributed by atoms with van der Waals surface area (Å²) in [6.07, 6.45) is 7.28. The molecule has 4 heteroatoms. The van der Waals surface area contributed by atoms with Crippen molar-refractivity contribution in [2.24, 2.45) is 5.92 Å². The Morgan fingerprint density at radius 2 is 1.65 bits per heavy atom. The Morgan fingerprint density at radius 3 is 2.24 bits per heavy atom. The van der Waals surface area contributed by atoms with Gasteiger partial charge in [0.2, 0.25) is 0 Å². The maximum absolute atomic E-state index is 11.3. The Balaban J connectivity index is 3.34. The Morgan fingerprint density at radius 1 is 1.06 bits per heavy atom. The third-order valence-electron chi connectivity index (χ3n) is 2.73. The first kappa shape index (κ1) is 16.4. The third kappa shape index (κ3) is 10.3. The maximum atomic E-state index is 11.3. The second-order valence-corrected chi connectivity index (χ2v) is 4.43. The summed E-state index contributed by atoms with van der Waals surface area (Å²) in [6, 6.07) is 0. The van der Waals surface area contributed by atoms with E-state index in [4.69, 9.17) is 14.9 Å². The standard InChI is InChI=1S/C13H26O4/c1-2-3-4-5-6-7-8-13(16)17-11-12(9-14)10-15/h12,14-15H,2-11H2,1H3. The minimum atomic E-state index is -0.344. The summed E-state index contributed by atoms with van der Waals surface area (Å²) in [4.78, 5) is 11.3. The van der Waals surface area contributed by atoms with Gasteiger partial charge in [-0.3, -0.25) is 4.79 Å². The zero-order valence-corrected chi connectivity index (χ0v) is 10.9. The van der Waals surface area contributed by atoms with Gasteiger partial charge in [-0.1, -0.05) is 39.0 Å². The fourth-order valence-corrected chi connectivity index (χ4v) is 1.50. The number of hydrogen-bond acceptors (Lipinski definition) is 4. The molecule has 0 fully saturated rings. The molecule has 0 unspecified atom stereocenters. The molecule has 0 aromatic heterocycles. The summed E-state index contributed by atoms with van der Waals surface area (Å²) in [5.74, 6) is -0.573. The number of esters is 1. The zero-order valence-electron chi connectivity index (χ0n) is 10.9. The first-order valence-electron chi connectivity index (χ1n) is 6.61. The van der Waals surface area contributed by atoms with Crippen molar-refractivity contribution in [2.75, 3.05) is 19.8 Å². The lowest BCUT2D eigenvalue weighted by Gasteiger charge is -2.11. The first-order chi connectivity index (χ1) is 8.24. The number of hydrogen-bond donors (Lipinski definition) is 2. The molecule has 17 heavy (non-hydrogen) atoms. The van der Waals surface area contributed by atoms with Crippen molar-refractivity contribution in [3.63, 3.8) is 0 Å². The molecule has 4 nitrogen and oxygen atoms in total. The molecule has 0 atom stereocenters. The van der Waals surface area contributed by atoms with E-state index in [1.165, 1.54) is 25.7 Å². The molecule has 0 saturated heterocycles. The van der Waals surface area contributed by atoms with Crippen LogP contribution in [0.5, 0.6) is 0 Å². The largest absolute Gasteiger partial charge is 0.465 e. The predicted octanol–water partition coefficient (Wildman–Crippen LogP) is 1.88. The Bertz CT molecular complexity index is 178. The molecule has 102 valence electrons. The number of unbranched alkanes of at least 4 members (excludes halogenated alkanes) is 5. The second-order valence-electron chi connectivity index (χ2n) is 4.43. The van der Waals surface area contributed by atoms with E-state index in [1.807, 2.05) is 0 Å². The van der Waals surface area contributed by atoms with E-state index >= 15 is 0 Å². The van der Waals surface area contributed by atoms with Crippen molar-refractivity contribution in [2.45, 2.75) is 51.9 Å². The Kier molecular flexibility index (Phi) is 11.4. The fraction of sp³-hybridized carbons (Fsp3) is 0.923. The van der Waals surface area contributed by atoms with Crippen molar-refractivity contribution in [3.8, 4) is 0 Å². The second kappa shape index (κ2) is 11.9. The van der Waals surface area contributed by atoms with Crippen LogP contribution in [-0.4, -0.2) is 36.0 Å². The molecule has 0 aliphatic rings. The van der Waals surface area contributed by atoms with Crippen molar-refractivity contribution in [1.82, 2.24) is 0 Å². The minimum Gasteiger partial charge on any atom is -0.465 e. The molecule has 0 aromatic carbocycles. The maximum Gasteiger partial charge on any atom is 0.305 e. The molecule has 0 aliphatic carbocycles. The van der Waals surface area contributed by atoms with Gasteiger partial charge in [-0.05, 0) is 6.42 Å². The van der Waals surface area contributed by atoms with Crippen LogP contribution in [0.2, 0.25) is 0 Å². The topological polar surface area (TPSA) is 66.8 Å². The van der Waals surface area contributed by atoms with Crippen LogP contribution in [0.15, 0.2) is 0 Å². The van der Waals surface area contributed by atoms with Gasteiger partial charge in [-0.25, -0.2) is 0 Å². The lowest BCUT2D eigenvalue weighted by atomic mass is 10.1. The van der Waals surface area contributed by atoms with E-state index in [-0.39, 0.29) is 31.7 Å². The monoisotopic (exact) mass is 246 g/mol. The quantitative estimate of drug-likeness (QED) is 0.431. The van der Waals surface area contributed by atoms with Crippen molar-refractivity contribution < 1.29 is 19.7 Å². The first-order valence-corrected chi connectivity index (χ1v) is 6.61. The highest BCUT2D eigenvalue weighted by atomic mass is 16.5. The van der Waals surface area contributed by atoms with Crippen LogP contribution in [-0.2, 0) is 9.53 Å². The number of aliphatic hydroxyl groups is 2. The average molecular weight is 246 g/mol. The van der Waals surface area contributed by atoms with E-state index in [1.54, 1.807) is 0 Å². The smallest absolute Gasteiger partial charge is 0.305 e. The SMILES string of the molecule is CCCCCCCCC(=O)OCC(CO)CO. The number of carbonyl (C=O) groups is 1. The van der Waals surface area contributed by atoms with Crippen molar-refractivity contribution in [1.29, 1.82) is 0 Å². The lowest BCUT2D eigenvalue weighted by Crippen LogP contribution is -2.20. The number of ether oxygens (including phenoxy) is 1. The van der Waals surface area contributed by atoms with Crippen LogP contribution >= 0.6 is 0 Å². The number of carbonyl (C=O) groups excluding carboxylic acids is 1. The van der Waals surface area contributed by atoms with Gasteiger partial charge in [0.15, 0.2) is 0 Å². The highest BCUT2D eigenvalue weighted by Crippen LogP contribution is 2.07. The van der Waals surface area contributed by atoms with E-state index in [2.05, 4.69) is 6.92 Å².